The van der Waals surface area contributed by atoms with Gasteiger partial charge in [-0.1, -0.05) is 0 Å². The Balaban J connectivity index is 5.62. The number of hydrogen-bond donors (Lipinski definition) is 10. The average molecular weight is 547 g/mol. The molecule has 3 amide bonds. The molecule has 0 aromatic rings. The SMILES string of the molecule is NCCCCC(NC(=O)C(CCCN=C(N)N)NC(=O)C(CC(=O)O)NC(=O)C(N)CCC(=O)O)C(=O)O. The topological polar surface area (TPSA) is 316 Å². The fourth-order valence-corrected chi connectivity index (χ4v) is 3.14. The van der Waals surface area contributed by atoms with Gasteiger partial charge in [0.05, 0.1) is 12.5 Å². The monoisotopic (exact) mass is 546 g/mol. The highest BCUT2D eigenvalue weighted by atomic mass is 16.4. The highest BCUT2D eigenvalue weighted by Gasteiger charge is 2.31. The minimum absolute atomic E-state index is 0.0602. The molecular weight excluding hydrogens is 508 g/mol. The van der Waals surface area contributed by atoms with Crippen molar-refractivity contribution in [3.8, 4) is 0 Å². The summed E-state index contributed by atoms with van der Waals surface area (Å²) in [6.07, 6.45) is -0.418. The molecule has 0 fully saturated rings. The van der Waals surface area contributed by atoms with Crippen LogP contribution in [-0.4, -0.2) is 94.2 Å². The van der Waals surface area contributed by atoms with Crippen molar-refractivity contribution in [1.82, 2.24) is 16.0 Å². The molecule has 17 heteroatoms. The lowest BCUT2D eigenvalue weighted by Crippen LogP contribution is -2.57. The van der Waals surface area contributed by atoms with Crippen molar-refractivity contribution in [2.75, 3.05) is 13.1 Å². The minimum Gasteiger partial charge on any atom is -0.481 e. The number of unbranched alkanes of at least 4 members (excludes halogenated alkanes) is 1. The number of nitrogens with two attached hydrogens (primary N) is 4. The van der Waals surface area contributed by atoms with Gasteiger partial charge in [-0.05, 0) is 45.1 Å². The Labute approximate surface area is 218 Å². The predicted molar refractivity (Wildman–Crippen MR) is 133 cm³/mol. The van der Waals surface area contributed by atoms with Gasteiger partial charge in [-0.15, -0.1) is 0 Å². The van der Waals surface area contributed by atoms with Gasteiger partial charge in [0.1, 0.15) is 18.1 Å². The van der Waals surface area contributed by atoms with E-state index in [-0.39, 0.29) is 38.2 Å². The number of nitrogens with one attached hydrogen (secondary N) is 3. The molecule has 0 aliphatic heterocycles. The summed E-state index contributed by atoms with van der Waals surface area (Å²) in [7, 11) is 0. The molecule has 216 valence electrons. The number of carbonyl (C=O) groups is 6. The van der Waals surface area contributed by atoms with E-state index in [0.29, 0.717) is 19.4 Å². The maximum atomic E-state index is 12.9. The van der Waals surface area contributed by atoms with Crippen LogP contribution in [0.15, 0.2) is 4.99 Å². The van der Waals surface area contributed by atoms with E-state index in [2.05, 4.69) is 20.9 Å². The fourth-order valence-electron chi connectivity index (χ4n) is 3.14. The summed E-state index contributed by atoms with van der Waals surface area (Å²) in [5.41, 5.74) is 21.6. The van der Waals surface area contributed by atoms with Crippen LogP contribution in [0.3, 0.4) is 0 Å². The standard InChI is InChI=1S/C21H38N8O9/c22-8-2-1-4-13(20(37)38)28-18(35)12(5-3-9-26-21(24)25)27-19(36)14(10-16(32)33)29-17(34)11(23)6-7-15(30)31/h11-14H,1-10,22-23H2,(H,27,36)(H,28,35)(H,29,34)(H,30,31)(H,32,33)(H,37,38)(H4,24,25,26). The third-order valence-electron chi connectivity index (χ3n) is 5.16. The average Bonchev–Trinajstić information content (AvgIpc) is 2.82. The summed E-state index contributed by atoms with van der Waals surface area (Å²) in [5, 5.41) is 34.2. The van der Waals surface area contributed by atoms with Gasteiger partial charge in [-0.2, -0.15) is 0 Å². The van der Waals surface area contributed by atoms with Gasteiger partial charge in [0.15, 0.2) is 5.96 Å². The molecule has 0 bridgehead atoms. The van der Waals surface area contributed by atoms with Gasteiger partial charge < -0.3 is 54.2 Å². The third kappa shape index (κ3) is 15.2. The number of nitrogens with zero attached hydrogens (tertiary/aromatic N) is 1. The maximum Gasteiger partial charge on any atom is 0.326 e. The van der Waals surface area contributed by atoms with Gasteiger partial charge >= 0.3 is 17.9 Å². The van der Waals surface area contributed by atoms with Crippen molar-refractivity contribution in [2.45, 2.75) is 75.5 Å². The third-order valence-corrected chi connectivity index (χ3v) is 5.16. The molecule has 0 aliphatic rings. The van der Waals surface area contributed by atoms with Gasteiger partial charge in [0, 0.05) is 13.0 Å². The maximum absolute atomic E-state index is 12.9. The van der Waals surface area contributed by atoms with E-state index in [1.165, 1.54) is 0 Å². The second-order valence-corrected chi connectivity index (χ2v) is 8.39. The second kappa shape index (κ2) is 18.3. The lowest BCUT2D eigenvalue weighted by molar-refractivity contribution is -0.143. The number of rotatable bonds is 20. The number of carbonyl (C=O) groups excluding carboxylic acids is 3. The normalized spacial score (nSPS) is 13.7. The quantitative estimate of drug-likeness (QED) is 0.0401. The van der Waals surface area contributed by atoms with Crippen molar-refractivity contribution in [3.05, 3.63) is 0 Å². The van der Waals surface area contributed by atoms with Crippen LogP contribution in [0, 0.1) is 0 Å². The molecule has 0 aromatic heterocycles. The van der Waals surface area contributed by atoms with Crippen LogP contribution in [0.5, 0.6) is 0 Å². The Morgan fingerprint density at radius 3 is 1.79 bits per heavy atom. The number of guanidine groups is 1. The Hall–Kier alpha value is -3.99. The number of amides is 3. The molecule has 38 heavy (non-hydrogen) atoms. The fraction of sp³-hybridized carbons (Fsp3) is 0.667. The summed E-state index contributed by atoms with van der Waals surface area (Å²) in [6, 6.07) is -5.60. The van der Waals surface area contributed by atoms with Crippen molar-refractivity contribution in [1.29, 1.82) is 0 Å². The molecule has 0 saturated heterocycles. The lowest BCUT2D eigenvalue weighted by atomic mass is 10.1. The minimum atomic E-state index is -1.66. The van der Waals surface area contributed by atoms with Gasteiger partial charge in [-0.3, -0.25) is 29.0 Å². The van der Waals surface area contributed by atoms with Crippen LogP contribution < -0.4 is 38.9 Å². The molecule has 0 spiro atoms. The smallest absolute Gasteiger partial charge is 0.326 e. The molecule has 14 N–H and O–H groups in total. The first-order valence-electron chi connectivity index (χ1n) is 11.9. The highest BCUT2D eigenvalue weighted by Crippen LogP contribution is 2.06. The molecule has 0 radical (unpaired) electrons. The Bertz CT molecular complexity index is 864. The molecule has 17 nitrogen and oxygen atoms in total. The predicted octanol–water partition coefficient (Wildman–Crippen LogP) is -3.63. The zero-order chi connectivity index (χ0) is 29.3. The van der Waals surface area contributed by atoms with Crippen LogP contribution >= 0.6 is 0 Å². The first kappa shape index (κ1) is 34.0. The second-order valence-electron chi connectivity index (χ2n) is 8.39. The van der Waals surface area contributed by atoms with Gasteiger partial charge in [0.2, 0.25) is 17.7 Å². The van der Waals surface area contributed by atoms with Crippen LogP contribution in [0.25, 0.3) is 0 Å². The lowest BCUT2D eigenvalue weighted by Gasteiger charge is -2.24. The molecule has 4 atom stereocenters. The molecule has 0 heterocycles. The van der Waals surface area contributed by atoms with Crippen LogP contribution in [0.2, 0.25) is 0 Å². The van der Waals surface area contributed by atoms with Crippen LogP contribution in [-0.2, 0) is 28.8 Å². The van der Waals surface area contributed by atoms with E-state index in [4.69, 9.17) is 28.0 Å². The first-order valence-corrected chi connectivity index (χ1v) is 11.9. The van der Waals surface area contributed by atoms with Crippen molar-refractivity contribution >= 4 is 41.6 Å². The van der Waals surface area contributed by atoms with E-state index in [1.54, 1.807) is 0 Å². The van der Waals surface area contributed by atoms with Crippen LogP contribution in [0.1, 0.15) is 51.4 Å². The molecule has 0 aromatic carbocycles. The number of aliphatic carboxylic acids is 3. The largest absolute Gasteiger partial charge is 0.481 e. The number of aliphatic imine (C=N–C) groups is 1. The summed E-state index contributed by atoms with van der Waals surface area (Å²) < 4.78 is 0. The highest BCUT2D eigenvalue weighted by molar-refractivity contribution is 5.95. The summed E-state index contributed by atoms with van der Waals surface area (Å²) in [6.45, 7) is 0.412. The van der Waals surface area contributed by atoms with E-state index >= 15 is 0 Å². The van der Waals surface area contributed by atoms with Crippen LogP contribution in [0.4, 0.5) is 0 Å². The number of carboxylic acids is 3. The van der Waals surface area contributed by atoms with E-state index < -0.39 is 72.6 Å². The van der Waals surface area contributed by atoms with Crippen molar-refractivity contribution in [2.24, 2.45) is 27.9 Å². The molecule has 0 rings (SSSR count). The van der Waals surface area contributed by atoms with Gasteiger partial charge in [-0.25, -0.2) is 4.79 Å². The van der Waals surface area contributed by atoms with E-state index in [0.717, 1.165) is 0 Å². The number of hydrogen-bond acceptors (Lipinski definition) is 9. The number of carboxylic acid groups (broad SMARTS) is 3. The van der Waals surface area contributed by atoms with Crippen molar-refractivity contribution in [3.63, 3.8) is 0 Å². The summed E-state index contributed by atoms with van der Waals surface area (Å²) in [5.74, 6) is -7.04. The zero-order valence-corrected chi connectivity index (χ0v) is 20.9. The zero-order valence-electron chi connectivity index (χ0n) is 20.9. The molecule has 0 aliphatic carbocycles. The van der Waals surface area contributed by atoms with Gasteiger partial charge in [0.25, 0.3) is 0 Å². The summed E-state index contributed by atoms with van der Waals surface area (Å²) in [4.78, 5) is 75.4. The van der Waals surface area contributed by atoms with E-state index in [1.807, 2.05) is 0 Å². The molecular formula is C21H38N8O9. The van der Waals surface area contributed by atoms with Crippen molar-refractivity contribution < 1.29 is 44.1 Å². The molecule has 0 saturated carbocycles. The molecule has 4 unspecified atom stereocenters. The Kier molecular flexibility index (Phi) is 16.4. The van der Waals surface area contributed by atoms with E-state index in [9.17, 15) is 39.0 Å². The first-order chi connectivity index (χ1) is 17.8. The summed E-state index contributed by atoms with van der Waals surface area (Å²) >= 11 is 0. The Morgan fingerprint density at radius 2 is 1.26 bits per heavy atom. The Morgan fingerprint density at radius 1 is 0.711 bits per heavy atom.